The van der Waals surface area contributed by atoms with Gasteiger partial charge in [0.2, 0.25) is 0 Å². The molecular weight excluding hydrogens is 182 g/mol. The highest BCUT2D eigenvalue weighted by atomic mass is 15.0. The first-order valence-electron chi connectivity index (χ1n) is 5.29. The van der Waals surface area contributed by atoms with E-state index < -0.39 is 0 Å². The molecule has 1 heteroatoms. The van der Waals surface area contributed by atoms with E-state index in [1.54, 1.807) is 0 Å². The lowest BCUT2D eigenvalue weighted by Crippen LogP contribution is -2.08. The molecule has 1 nitrogen and oxygen atoms in total. The highest BCUT2D eigenvalue weighted by Gasteiger charge is 2.44. The van der Waals surface area contributed by atoms with Gasteiger partial charge in [-0.2, -0.15) is 0 Å². The van der Waals surface area contributed by atoms with Gasteiger partial charge in [0.25, 0.3) is 0 Å². The molecule has 2 aromatic rings. The lowest BCUT2D eigenvalue weighted by molar-refractivity contribution is 0.780. The third kappa shape index (κ3) is 1.05. The summed E-state index contributed by atoms with van der Waals surface area (Å²) < 4.78 is 2.24. The molecule has 0 radical (unpaired) electrons. The van der Waals surface area contributed by atoms with Gasteiger partial charge >= 0.3 is 0 Å². The van der Waals surface area contributed by atoms with Gasteiger partial charge in [-0.3, -0.25) is 0 Å². The van der Waals surface area contributed by atoms with Crippen LogP contribution in [-0.2, 0) is 12.5 Å². The average molecular weight is 195 g/mol. The van der Waals surface area contributed by atoms with E-state index in [1.807, 2.05) is 0 Å². The Morgan fingerprint density at radius 3 is 2.67 bits per heavy atom. The van der Waals surface area contributed by atoms with E-state index in [0.29, 0.717) is 0 Å². The zero-order chi connectivity index (χ0) is 10.5. The summed E-state index contributed by atoms with van der Waals surface area (Å²) in [4.78, 5) is 0. The molecule has 1 aromatic heterocycles. The second kappa shape index (κ2) is 2.67. The van der Waals surface area contributed by atoms with Crippen LogP contribution in [0.25, 0.3) is 10.9 Å². The number of rotatable bonds is 1. The SMILES string of the molecule is C#CC1(c2cc3ccccc3n2C)CC1. The zero-order valence-corrected chi connectivity index (χ0v) is 8.83. The lowest BCUT2D eigenvalue weighted by Gasteiger charge is -2.09. The molecule has 0 bridgehead atoms. The Kier molecular flexibility index (Phi) is 1.53. The summed E-state index contributed by atoms with van der Waals surface area (Å²) in [6.45, 7) is 0. The fourth-order valence-corrected chi connectivity index (χ4v) is 2.35. The number of para-hydroxylation sites is 1. The van der Waals surface area contributed by atoms with Gasteiger partial charge < -0.3 is 4.57 Å². The second-order valence-electron chi connectivity index (χ2n) is 4.37. The van der Waals surface area contributed by atoms with Crippen molar-refractivity contribution in [3.63, 3.8) is 0 Å². The Morgan fingerprint density at radius 1 is 1.33 bits per heavy atom. The van der Waals surface area contributed by atoms with Crippen LogP contribution in [0.1, 0.15) is 18.5 Å². The van der Waals surface area contributed by atoms with Crippen LogP contribution in [0.4, 0.5) is 0 Å². The third-order valence-corrected chi connectivity index (χ3v) is 3.47. The molecule has 1 aromatic carbocycles. The summed E-state index contributed by atoms with van der Waals surface area (Å²) in [6, 6.07) is 10.7. The van der Waals surface area contributed by atoms with E-state index in [-0.39, 0.29) is 5.41 Å². The van der Waals surface area contributed by atoms with Crippen LogP contribution in [0.5, 0.6) is 0 Å². The molecule has 0 N–H and O–H groups in total. The van der Waals surface area contributed by atoms with Gasteiger partial charge in [0, 0.05) is 18.3 Å². The van der Waals surface area contributed by atoms with Gasteiger partial charge in [-0.1, -0.05) is 24.1 Å². The van der Waals surface area contributed by atoms with Crippen LogP contribution < -0.4 is 0 Å². The Hall–Kier alpha value is -1.68. The fraction of sp³-hybridized carbons (Fsp3) is 0.286. The van der Waals surface area contributed by atoms with E-state index in [1.165, 1.54) is 16.6 Å². The molecule has 0 amide bonds. The number of hydrogen-bond acceptors (Lipinski definition) is 0. The molecule has 15 heavy (non-hydrogen) atoms. The van der Waals surface area contributed by atoms with Crippen molar-refractivity contribution in [1.29, 1.82) is 0 Å². The Labute approximate surface area is 89.7 Å². The Morgan fingerprint density at radius 2 is 2.07 bits per heavy atom. The number of nitrogens with zero attached hydrogens (tertiary/aromatic N) is 1. The number of hydrogen-bond donors (Lipinski definition) is 0. The number of fused-ring (bicyclic) bond motifs is 1. The van der Waals surface area contributed by atoms with Crippen molar-refractivity contribution in [2.75, 3.05) is 0 Å². The van der Waals surface area contributed by atoms with Crippen molar-refractivity contribution in [2.45, 2.75) is 18.3 Å². The van der Waals surface area contributed by atoms with E-state index in [4.69, 9.17) is 6.42 Å². The third-order valence-electron chi connectivity index (χ3n) is 3.47. The van der Waals surface area contributed by atoms with Crippen molar-refractivity contribution in [2.24, 2.45) is 7.05 Å². The molecule has 3 rings (SSSR count). The highest BCUT2D eigenvalue weighted by Crippen LogP contribution is 2.48. The van der Waals surface area contributed by atoms with Gasteiger partial charge in [-0.15, -0.1) is 6.42 Å². The zero-order valence-electron chi connectivity index (χ0n) is 8.83. The first-order valence-corrected chi connectivity index (χ1v) is 5.29. The summed E-state index contributed by atoms with van der Waals surface area (Å²) >= 11 is 0. The Bertz CT molecular complexity index is 565. The van der Waals surface area contributed by atoms with Crippen molar-refractivity contribution in [3.8, 4) is 12.3 Å². The van der Waals surface area contributed by atoms with E-state index >= 15 is 0 Å². The van der Waals surface area contributed by atoms with Crippen molar-refractivity contribution in [1.82, 2.24) is 4.57 Å². The van der Waals surface area contributed by atoms with Gasteiger partial charge in [0.05, 0.1) is 5.41 Å². The van der Waals surface area contributed by atoms with Crippen molar-refractivity contribution >= 4 is 10.9 Å². The predicted molar refractivity (Wildman–Crippen MR) is 62.7 cm³/mol. The first kappa shape index (κ1) is 8.61. The molecule has 0 saturated heterocycles. The molecule has 74 valence electrons. The van der Waals surface area contributed by atoms with Crippen molar-refractivity contribution < 1.29 is 0 Å². The number of aromatic nitrogens is 1. The normalized spacial score (nSPS) is 17.6. The monoisotopic (exact) mass is 195 g/mol. The van der Waals surface area contributed by atoms with Crippen LogP contribution >= 0.6 is 0 Å². The molecule has 1 heterocycles. The van der Waals surface area contributed by atoms with Crippen LogP contribution in [0, 0.1) is 12.3 Å². The minimum absolute atomic E-state index is 0.0355. The van der Waals surface area contributed by atoms with E-state index in [9.17, 15) is 0 Å². The lowest BCUT2D eigenvalue weighted by atomic mass is 10.0. The maximum absolute atomic E-state index is 5.63. The smallest absolute Gasteiger partial charge is 0.0713 e. The fourth-order valence-electron chi connectivity index (χ4n) is 2.35. The standard InChI is InChI=1S/C14H13N/c1-3-14(8-9-14)13-10-11-6-4-5-7-12(11)15(13)2/h1,4-7,10H,8-9H2,2H3. The number of benzene rings is 1. The molecule has 0 unspecified atom stereocenters. The molecule has 0 aliphatic heterocycles. The molecule has 1 aliphatic rings. The van der Waals surface area contributed by atoms with Crippen molar-refractivity contribution in [3.05, 3.63) is 36.0 Å². The molecule has 1 fully saturated rings. The van der Waals surface area contributed by atoms with E-state index in [0.717, 1.165) is 12.8 Å². The summed E-state index contributed by atoms with van der Waals surface area (Å²) in [5.41, 5.74) is 2.61. The first-order chi connectivity index (χ1) is 7.27. The van der Waals surface area contributed by atoms with Gasteiger partial charge in [0.15, 0.2) is 0 Å². The quantitative estimate of drug-likeness (QED) is 0.617. The number of terminal acetylenes is 1. The second-order valence-corrected chi connectivity index (χ2v) is 4.37. The summed E-state index contributed by atoms with van der Waals surface area (Å²) in [7, 11) is 2.11. The average Bonchev–Trinajstić information content (AvgIpc) is 3.00. The van der Waals surface area contributed by atoms with Crippen LogP contribution in [-0.4, -0.2) is 4.57 Å². The topological polar surface area (TPSA) is 4.93 Å². The van der Waals surface area contributed by atoms with E-state index in [2.05, 4.69) is 47.9 Å². The largest absolute Gasteiger partial charge is 0.346 e. The minimum Gasteiger partial charge on any atom is -0.346 e. The van der Waals surface area contributed by atoms with Gasteiger partial charge in [0.1, 0.15) is 0 Å². The maximum Gasteiger partial charge on any atom is 0.0713 e. The predicted octanol–water partition coefficient (Wildman–Crippen LogP) is 2.84. The Balaban J connectivity index is 2.30. The molecular formula is C14H13N. The molecule has 1 saturated carbocycles. The summed E-state index contributed by atoms with van der Waals surface area (Å²) in [6.07, 6.45) is 7.89. The molecule has 1 aliphatic carbocycles. The summed E-state index contributed by atoms with van der Waals surface area (Å²) in [5, 5.41) is 1.29. The maximum atomic E-state index is 5.63. The van der Waals surface area contributed by atoms with Gasteiger partial charge in [-0.05, 0) is 30.4 Å². The molecule has 0 atom stereocenters. The van der Waals surface area contributed by atoms with Crippen LogP contribution in [0.2, 0.25) is 0 Å². The number of aryl methyl sites for hydroxylation is 1. The molecule has 0 spiro atoms. The van der Waals surface area contributed by atoms with Crippen LogP contribution in [0.3, 0.4) is 0 Å². The summed E-state index contributed by atoms with van der Waals surface area (Å²) in [5.74, 6) is 2.95. The highest BCUT2D eigenvalue weighted by molar-refractivity contribution is 5.82. The minimum atomic E-state index is 0.0355. The van der Waals surface area contributed by atoms with Gasteiger partial charge in [-0.25, -0.2) is 0 Å². The van der Waals surface area contributed by atoms with Crippen LogP contribution in [0.15, 0.2) is 30.3 Å².